The van der Waals surface area contributed by atoms with E-state index < -0.39 is 6.04 Å². The minimum atomic E-state index is -0.591. The quantitative estimate of drug-likeness (QED) is 0.573. The number of nitrogens with one attached hydrogen (secondary N) is 1. The lowest BCUT2D eigenvalue weighted by molar-refractivity contribution is 0.204. The lowest BCUT2D eigenvalue weighted by Gasteiger charge is -2.35. The van der Waals surface area contributed by atoms with Gasteiger partial charge in [0.2, 0.25) is 5.82 Å². The summed E-state index contributed by atoms with van der Waals surface area (Å²) in [4.78, 5) is 19.2. The van der Waals surface area contributed by atoms with E-state index >= 15 is 0 Å². The van der Waals surface area contributed by atoms with Crippen LogP contribution in [0.5, 0.6) is 0 Å². The number of aryl methyl sites for hydroxylation is 1. The Morgan fingerprint density at radius 1 is 1.16 bits per heavy atom. The first kappa shape index (κ1) is 20.8. The van der Waals surface area contributed by atoms with Gasteiger partial charge in [-0.15, -0.1) is 0 Å². The number of urea groups is 1. The first-order chi connectivity index (χ1) is 15.0. The van der Waals surface area contributed by atoms with Crippen molar-refractivity contribution in [1.29, 1.82) is 0 Å². The molecule has 0 saturated carbocycles. The molecule has 1 N–H and O–H groups in total. The summed E-state index contributed by atoms with van der Waals surface area (Å²) in [5.74, 6) is 0.405. The molecule has 7 heteroatoms. The van der Waals surface area contributed by atoms with Gasteiger partial charge in [0.05, 0.1) is 11.6 Å². The van der Waals surface area contributed by atoms with E-state index in [2.05, 4.69) is 22.4 Å². The lowest BCUT2D eigenvalue weighted by Crippen LogP contribution is -2.46. The van der Waals surface area contributed by atoms with E-state index in [1.54, 1.807) is 17.0 Å². The SMILES string of the molecule is CCCCN1C(=O)NC(c2cccc(F)c2)C(c2nc(-c3cccc(C)c3)no2)=C1C. The summed E-state index contributed by atoms with van der Waals surface area (Å²) in [5, 5.41) is 7.15. The van der Waals surface area contributed by atoms with Crippen LogP contribution in [-0.4, -0.2) is 27.6 Å². The molecule has 2 heterocycles. The number of allylic oxidation sites excluding steroid dienone is 1. The lowest BCUT2D eigenvalue weighted by atomic mass is 9.94. The summed E-state index contributed by atoms with van der Waals surface area (Å²) in [6.07, 6.45) is 1.82. The maximum Gasteiger partial charge on any atom is 0.322 e. The van der Waals surface area contributed by atoms with Gasteiger partial charge in [0, 0.05) is 17.8 Å². The van der Waals surface area contributed by atoms with Crippen molar-refractivity contribution in [3.63, 3.8) is 0 Å². The van der Waals surface area contributed by atoms with Crippen LogP contribution in [0.3, 0.4) is 0 Å². The van der Waals surface area contributed by atoms with Gasteiger partial charge in [0.25, 0.3) is 5.89 Å². The van der Waals surface area contributed by atoms with Crippen molar-refractivity contribution in [2.45, 2.75) is 39.7 Å². The summed E-state index contributed by atoms with van der Waals surface area (Å²) in [6.45, 7) is 6.52. The topological polar surface area (TPSA) is 71.3 Å². The summed E-state index contributed by atoms with van der Waals surface area (Å²) < 4.78 is 19.6. The van der Waals surface area contributed by atoms with Crippen molar-refractivity contribution in [2.24, 2.45) is 0 Å². The highest BCUT2D eigenvalue weighted by molar-refractivity contribution is 5.86. The van der Waals surface area contributed by atoms with Crippen LogP contribution in [-0.2, 0) is 0 Å². The first-order valence-corrected chi connectivity index (χ1v) is 10.4. The van der Waals surface area contributed by atoms with Crippen LogP contribution >= 0.6 is 0 Å². The van der Waals surface area contributed by atoms with Crippen LogP contribution in [0, 0.1) is 12.7 Å². The van der Waals surface area contributed by atoms with Crippen LogP contribution in [0.25, 0.3) is 17.0 Å². The van der Waals surface area contributed by atoms with Gasteiger partial charge < -0.3 is 9.84 Å². The van der Waals surface area contributed by atoms with E-state index in [4.69, 9.17) is 4.52 Å². The van der Waals surface area contributed by atoms with E-state index in [1.165, 1.54) is 12.1 Å². The van der Waals surface area contributed by atoms with Gasteiger partial charge >= 0.3 is 6.03 Å². The van der Waals surface area contributed by atoms with Crippen LogP contribution < -0.4 is 5.32 Å². The summed E-state index contributed by atoms with van der Waals surface area (Å²) in [7, 11) is 0. The van der Waals surface area contributed by atoms with E-state index in [9.17, 15) is 9.18 Å². The highest BCUT2D eigenvalue weighted by atomic mass is 19.1. The summed E-state index contributed by atoms with van der Waals surface area (Å²) in [6, 6.07) is 13.2. The summed E-state index contributed by atoms with van der Waals surface area (Å²) >= 11 is 0. The number of halogens is 1. The monoisotopic (exact) mass is 420 g/mol. The molecule has 1 aromatic heterocycles. The number of benzene rings is 2. The number of aromatic nitrogens is 2. The van der Waals surface area contributed by atoms with E-state index in [0.29, 0.717) is 29.4 Å². The Morgan fingerprint density at radius 3 is 2.71 bits per heavy atom. The predicted molar refractivity (Wildman–Crippen MR) is 116 cm³/mol. The molecule has 0 aliphatic carbocycles. The van der Waals surface area contributed by atoms with Crippen LogP contribution in [0.2, 0.25) is 0 Å². The molecule has 6 nitrogen and oxygen atoms in total. The normalized spacial score (nSPS) is 16.6. The molecule has 0 radical (unpaired) electrons. The van der Waals surface area contributed by atoms with Crippen molar-refractivity contribution in [3.05, 3.63) is 77.1 Å². The molecule has 160 valence electrons. The number of carbonyl (C=O) groups excluding carboxylic acids is 1. The molecule has 2 amide bonds. The molecule has 1 aliphatic heterocycles. The van der Waals surface area contributed by atoms with Gasteiger partial charge in [-0.2, -0.15) is 4.98 Å². The van der Waals surface area contributed by atoms with Crippen LogP contribution in [0.15, 0.2) is 58.8 Å². The second kappa shape index (κ2) is 8.71. The van der Waals surface area contributed by atoms with Gasteiger partial charge in [-0.05, 0) is 44.0 Å². The number of rotatable bonds is 6. The fourth-order valence-electron chi connectivity index (χ4n) is 3.81. The van der Waals surface area contributed by atoms with E-state index in [1.807, 2.05) is 38.1 Å². The Labute approximate surface area is 180 Å². The fourth-order valence-corrected chi connectivity index (χ4v) is 3.81. The highest BCUT2D eigenvalue weighted by Gasteiger charge is 2.35. The van der Waals surface area contributed by atoms with Crippen LogP contribution in [0.4, 0.5) is 9.18 Å². The number of hydrogen-bond acceptors (Lipinski definition) is 4. The van der Waals surface area contributed by atoms with E-state index in [-0.39, 0.29) is 11.8 Å². The highest BCUT2D eigenvalue weighted by Crippen LogP contribution is 2.37. The Balaban J connectivity index is 1.81. The Hall–Kier alpha value is -3.48. The number of amides is 2. The third-order valence-electron chi connectivity index (χ3n) is 5.45. The van der Waals surface area contributed by atoms with Crippen molar-refractivity contribution in [1.82, 2.24) is 20.4 Å². The molecule has 2 aromatic carbocycles. The minimum absolute atomic E-state index is 0.220. The Bertz CT molecular complexity index is 1140. The molecule has 0 saturated heterocycles. The maximum absolute atomic E-state index is 14.0. The molecule has 1 atom stereocenters. The van der Waals surface area contributed by atoms with Crippen molar-refractivity contribution in [2.75, 3.05) is 6.54 Å². The molecule has 1 unspecified atom stereocenters. The predicted octanol–water partition coefficient (Wildman–Crippen LogP) is 5.48. The average molecular weight is 420 g/mol. The number of carbonyl (C=O) groups is 1. The molecular formula is C24H25FN4O2. The zero-order valence-electron chi connectivity index (χ0n) is 17.9. The Morgan fingerprint density at radius 2 is 1.97 bits per heavy atom. The first-order valence-electron chi connectivity index (χ1n) is 10.4. The standard InChI is InChI=1S/C24H25FN4O2/c1-4-5-12-29-16(3)20(21(26-24(29)30)17-9-7-11-19(25)14-17)23-27-22(28-31-23)18-10-6-8-15(2)13-18/h6-11,13-14,21H,4-5,12H2,1-3H3,(H,26,30). The second-order valence-corrected chi connectivity index (χ2v) is 7.73. The van der Waals surface area contributed by atoms with Crippen LogP contribution in [0.1, 0.15) is 49.7 Å². The minimum Gasteiger partial charge on any atom is -0.334 e. The van der Waals surface area contributed by atoms with Gasteiger partial charge in [-0.3, -0.25) is 4.90 Å². The van der Waals surface area contributed by atoms with Crippen molar-refractivity contribution >= 4 is 11.6 Å². The van der Waals surface area contributed by atoms with Gasteiger partial charge in [-0.1, -0.05) is 54.4 Å². The molecule has 31 heavy (non-hydrogen) atoms. The third-order valence-corrected chi connectivity index (χ3v) is 5.45. The van der Waals surface area contributed by atoms with Crippen molar-refractivity contribution in [3.8, 4) is 11.4 Å². The number of nitrogens with zero attached hydrogens (tertiary/aromatic N) is 3. The molecule has 0 fully saturated rings. The fraction of sp³-hybridized carbons (Fsp3) is 0.292. The zero-order chi connectivity index (χ0) is 22.0. The molecule has 0 spiro atoms. The largest absolute Gasteiger partial charge is 0.334 e. The molecule has 1 aliphatic rings. The second-order valence-electron chi connectivity index (χ2n) is 7.73. The average Bonchev–Trinajstić information content (AvgIpc) is 3.23. The van der Waals surface area contributed by atoms with Gasteiger partial charge in [0.15, 0.2) is 0 Å². The van der Waals surface area contributed by atoms with Crippen molar-refractivity contribution < 1.29 is 13.7 Å². The maximum atomic E-state index is 14.0. The molecule has 3 aromatic rings. The Kier molecular flexibility index (Phi) is 5.84. The van der Waals surface area contributed by atoms with Gasteiger partial charge in [-0.25, -0.2) is 9.18 Å². The number of hydrogen-bond donors (Lipinski definition) is 1. The smallest absolute Gasteiger partial charge is 0.322 e. The summed E-state index contributed by atoms with van der Waals surface area (Å²) in [5.41, 5.74) is 3.96. The third kappa shape index (κ3) is 4.21. The molecule has 4 rings (SSSR count). The number of unbranched alkanes of at least 4 members (excludes halogenated alkanes) is 1. The zero-order valence-corrected chi connectivity index (χ0v) is 17.9. The molecular weight excluding hydrogens is 395 g/mol. The van der Waals surface area contributed by atoms with Gasteiger partial charge in [0.1, 0.15) is 5.82 Å². The van der Waals surface area contributed by atoms with E-state index in [0.717, 1.165) is 29.7 Å². The molecule has 0 bridgehead atoms.